The Morgan fingerprint density at radius 1 is 0.667 bits per heavy atom. The zero-order valence-corrected chi connectivity index (χ0v) is 24.6. The summed E-state index contributed by atoms with van der Waals surface area (Å²) < 4.78 is 1.55. The first-order valence-corrected chi connectivity index (χ1v) is 14.9. The smallest absolute Gasteiger partial charge is 0.263 e. The van der Waals surface area contributed by atoms with Gasteiger partial charge < -0.3 is 15.2 Å². The molecule has 2 aromatic heterocycles. The van der Waals surface area contributed by atoms with Gasteiger partial charge in [-0.1, -0.05) is 104 Å². The molecule has 0 aliphatic heterocycles. The summed E-state index contributed by atoms with van der Waals surface area (Å²) in [5, 5.41) is 24.7. The maximum Gasteiger partial charge on any atom is 0.263 e. The van der Waals surface area contributed by atoms with Crippen LogP contribution in [0.1, 0.15) is 35.1 Å². The fourth-order valence-corrected chi connectivity index (χ4v) is 6.31. The highest BCUT2D eigenvalue weighted by Crippen LogP contribution is 2.43. The molecular formula is C39H30N2O4. The Labute approximate surface area is 259 Å². The molecule has 3 N–H and O–H groups in total. The molecule has 45 heavy (non-hydrogen) atoms. The summed E-state index contributed by atoms with van der Waals surface area (Å²) in [4.78, 5) is 31.9. The first kappa shape index (κ1) is 27.9. The number of hydrogen-bond donors (Lipinski definition) is 3. The molecule has 6 nitrogen and oxygen atoms in total. The lowest BCUT2D eigenvalue weighted by Gasteiger charge is -2.23. The fourth-order valence-electron chi connectivity index (χ4n) is 6.31. The van der Waals surface area contributed by atoms with Gasteiger partial charge in [-0.3, -0.25) is 14.2 Å². The molecule has 0 unspecified atom stereocenters. The first-order valence-electron chi connectivity index (χ1n) is 14.9. The molecule has 0 amide bonds. The van der Waals surface area contributed by atoms with Gasteiger partial charge in [0, 0.05) is 22.0 Å². The van der Waals surface area contributed by atoms with E-state index in [1.54, 1.807) is 28.8 Å². The van der Waals surface area contributed by atoms with Crippen LogP contribution in [0.2, 0.25) is 0 Å². The third-order valence-corrected chi connectivity index (χ3v) is 8.54. The Balaban J connectivity index is 1.59. The third-order valence-electron chi connectivity index (χ3n) is 8.54. The van der Waals surface area contributed by atoms with Crippen molar-refractivity contribution in [2.45, 2.75) is 19.3 Å². The van der Waals surface area contributed by atoms with E-state index in [-0.39, 0.29) is 22.6 Å². The number of aromatic nitrogens is 2. The Bertz CT molecular complexity index is 2310. The van der Waals surface area contributed by atoms with Crippen molar-refractivity contribution < 1.29 is 10.2 Å². The van der Waals surface area contributed by atoms with E-state index in [0.717, 1.165) is 23.1 Å². The van der Waals surface area contributed by atoms with Crippen molar-refractivity contribution in [3.05, 3.63) is 170 Å². The lowest BCUT2D eigenvalue weighted by Crippen LogP contribution is -2.28. The van der Waals surface area contributed by atoms with Gasteiger partial charge in [0.15, 0.2) is 0 Å². The second-order valence-corrected chi connectivity index (χ2v) is 11.1. The number of nitrogens with zero attached hydrogens (tertiary/aromatic N) is 1. The van der Waals surface area contributed by atoms with Crippen LogP contribution in [0.3, 0.4) is 0 Å². The second-order valence-electron chi connectivity index (χ2n) is 11.1. The normalized spacial score (nSPS) is 12.0. The number of benzene rings is 5. The average molecular weight is 591 g/mol. The molecule has 0 aliphatic carbocycles. The van der Waals surface area contributed by atoms with Gasteiger partial charge in [0.2, 0.25) is 0 Å². The van der Waals surface area contributed by atoms with Crippen LogP contribution in [0.4, 0.5) is 0 Å². The standard InChI is InChI=1S/C39H30N2O4/c1-2-24-20-22-26(23-21-24)32(33-37(43)30-18-11-17-28(35(30)40-38(33)44)25-12-5-3-6-13-25)34-36(42)29-16-9-10-19-31(29)41(39(34)45)27-14-7-4-8-15-27/h3-23,32,42H,2H2,1H3,(H2,40,43,44)/t32-/m0/s1. The Hall–Kier alpha value is -5.88. The molecule has 7 aromatic rings. The Morgan fingerprint density at radius 3 is 2.00 bits per heavy atom. The molecule has 0 spiro atoms. The van der Waals surface area contributed by atoms with E-state index in [1.165, 1.54) is 0 Å². The van der Waals surface area contributed by atoms with Crippen molar-refractivity contribution in [1.82, 2.24) is 9.55 Å². The average Bonchev–Trinajstić information content (AvgIpc) is 3.08. The van der Waals surface area contributed by atoms with Crippen molar-refractivity contribution in [2.24, 2.45) is 0 Å². The zero-order valence-electron chi connectivity index (χ0n) is 24.6. The summed E-state index contributed by atoms with van der Waals surface area (Å²) >= 11 is 0. The molecule has 2 heterocycles. The van der Waals surface area contributed by atoms with Crippen LogP contribution < -0.4 is 11.1 Å². The fraction of sp³-hybridized carbons (Fsp3) is 0.0769. The molecule has 7 rings (SSSR count). The van der Waals surface area contributed by atoms with Crippen LogP contribution >= 0.6 is 0 Å². The summed E-state index contributed by atoms with van der Waals surface area (Å²) in [7, 11) is 0. The van der Waals surface area contributed by atoms with Gasteiger partial charge in [0.05, 0.1) is 28.1 Å². The van der Waals surface area contributed by atoms with Gasteiger partial charge in [-0.15, -0.1) is 0 Å². The van der Waals surface area contributed by atoms with E-state index in [9.17, 15) is 19.8 Å². The SMILES string of the molecule is CCc1ccc([C@@H](c2c(O)c3cccc(-c4ccccc4)c3[nH]c2=O)c2c(O)c3ccccc3n(-c3ccccc3)c2=O)cc1. The predicted molar refractivity (Wildman–Crippen MR) is 180 cm³/mol. The summed E-state index contributed by atoms with van der Waals surface area (Å²) in [6.07, 6.45) is 0.803. The van der Waals surface area contributed by atoms with Crippen LogP contribution in [0.5, 0.6) is 11.5 Å². The van der Waals surface area contributed by atoms with Crippen molar-refractivity contribution in [3.63, 3.8) is 0 Å². The number of aryl methyl sites for hydroxylation is 1. The molecule has 0 aliphatic rings. The summed E-state index contributed by atoms with van der Waals surface area (Å²) in [6, 6.07) is 39.0. The first-order chi connectivity index (χ1) is 22.0. The molecule has 0 fully saturated rings. The van der Waals surface area contributed by atoms with E-state index in [1.807, 2.05) is 110 Å². The van der Waals surface area contributed by atoms with Crippen molar-refractivity contribution in [1.29, 1.82) is 0 Å². The van der Waals surface area contributed by atoms with Gasteiger partial charge >= 0.3 is 0 Å². The van der Waals surface area contributed by atoms with Crippen LogP contribution in [-0.4, -0.2) is 19.8 Å². The maximum atomic E-state index is 14.6. The van der Waals surface area contributed by atoms with E-state index in [2.05, 4.69) is 4.98 Å². The van der Waals surface area contributed by atoms with Gasteiger partial charge in [-0.05, 0) is 53.4 Å². The maximum absolute atomic E-state index is 14.6. The topological polar surface area (TPSA) is 95.3 Å². The molecular weight excluding hydrogens is 560 g/mol. The number of pyridine rings is 2. The van der Waals surface area contributed by atoms with Crippen LogP contribution in [0.15, 0.2) is 137 Å². The highest BCUT2D eigenvalue weighted by molar-refractivity contribution is 5.97. The van der Waals surface area contributed by atoms with Crippen molar-refractivity contribution >= 4 is 21.8 Å². The Morgan fingerprint density at radius 2 is 1.29 bits per heavy atom. The third kappa shape index (κ3) is 4.68. The quantitative estimate of drug-likeness (QED) is 0.185. The van der Waals surface area contributed by atoms with Crippen LogP contribution in [0.25, 0.3) is 38.6 Å². The largest absolute Gasteiger partial charge is 0.507 e. The van der Waals surface area contributed by atoms with Crippen LogP contribution in [-0.2, 0) is 6.42 Å². The number of nitrogens with one attached hydrogen (secondary N) is 1. The van der Waals surface area contributed by atoms with Crippen molar-refractivity contribution in [2.75, 3.05) is 0 Å². The minimum absolute atomic E-state index is 0.00108. The molecule has 0 saturated heterocycles. The lowest BCUT2D eigenvalue weighted by atomic mass is 9.83. The van der Waals surface area contributed by atoms with Gasteiger partial charge in [-0.25, -0.2) is 0 Å². The van der Waals surface area contributed by atoms with E-state index < -0.39 is 17.0 Å². The lowest BCUT2D eigenvalue weighted by molar-refractivity contribution is 0.462. The number of H-pyrrole nitrogens is 1. The molecule has 5 aromatic carbocycles. The summed E-state index contributed by atoms with van der Waals surface area (Å²) in [5.74, 6) is -1.56. The van der Waals surface area contributed by atoms with Crippen molar-refractivity contribution in [3.8, 4) is 28.3 Å². The molecule has 220 valence electrons. The van der Waals surface area contributed by atoms with Crippen LogP contribution in [0, 0.1) is 0 Å². The minimum Gasteiger partial charge on any atom is -0.507 e. The molecule has 6 heteroatoms. The summed E-state index contributed by atoms with van der Waals surface area (Å²) in [6.45, 7) is 2.05. The number of aromatic hydroxyl groups is 2. The number of para-hydroxylation sites is 3. The van der Waals surface area contributed by atoms with E-state index in [4.69, 9.17) is 0 Å². The monoisotopic (exact) mass is 590 g/mol. The molecule has 0 bridgehead atoms. The van der Waals surface area contributed by atoms with E-state index in [0.29, 0.717) is 33.1 Å². The highest BCUT2D eigenvalue weighted by Gasteiger charge is 2.32. The number of hydrogen-bond acceptors (Lipinski definition) is 4. The highest BCUT2D eigenvalue weighted by atomic mass is 16.3. The summed E-state index contributed by atoms with van der Waals surface area (Å²) in [5.41, 5.74) is 3.89. The van der Waals surface area contributed by atoms with Gasteiger partial charge in [0.1, 0.15) is 11.5 Å². The minimum atomic E-state index is -1.09. The number of aromatic amines is 1. The predicted octanol–water partition coefficient (Wildman–Crippen LogP) is 7.65. The second kappa shape index (κ2) is 11.3. The number of rotatable bonds is 6. The molecule has 1 atom stereocenters. The zero-order chi connectivity index (χ0) is 31.1. The molecule has 0 radical (unpaired) electrons. The molecule has 0 saturated carbocycles. The number of fused-ring (bicyclic) bond motifs is 2. The van der Waals surface area contributed by atoms with E-state index >= 15 is 0 Å². The van der Waals surface area contributed by atoms with Gasteiger partial charge in [0.25, 0.3) is 11.1 Å². The van der Waals surface area contributed by atoms with Gasteiger partial charge in [-0.2, -0.15) is 0 Å². The Kier molecular flexibility index (Phi) is 7.02.